The lowest BCUT2D eigenvalue weighted by atomic mass is 9.76. The second-order valence-corrected chi connectivity index (χ2v) is 7.15. The van der Waals surface area contributed by atoms with Crippen LogP contribution in [0, 0.1) is 0 Å². The Morgan fingerprint density at radius 2 is 2.09 bits per heavy atom. The van der Waals surface area contributed by atoms with Crippen molar-refractivity contribution in [3.8, 4) is 0 Å². The average molecular weight is 310 g/mol. The third-order valence-electron chi connectivity index (χ3n) is 5.18. The number of carbonyl (C=O) groups is 1. The van der Waals surface area contributed by atoms with E-state index in [1.165, 1.54) is 5.56 Å². The molecule has 4 nitrogen and oxygen atoms in total. The van der Waals surface area contributed by atoms with Crippen molar-refractivity contribution in [2.75, 3.05) is 13.1 Å². The Bertz CT molecular complexity index is 705. The number of piperidine rings is 1. The minimum absolute atomic E-state index is 0.00232. The third kappa shape index (κ3) is 2.78. The second kappa shape index (κ2) is 5.52. The van der Waals surface area contributed by atoms with Gasteiger partial charge in [0.2, 0.25) is 0 Å². The highest BCUT2D eigenvalue weighted by Gasteiger charge is 2.36. The third-order valence-corrected chi connectivity index (χ3v) is 5.18. The largest absolute Gasteiger partial charge is 0.360 e. The lowest BCUT2D eigenvalue weighted by molar-refractivity contribution is 0.0640. The van der Waals surface area contributed by atoms with Crippen LogP contribution in [0.5, 0.6) is 0 Å². The minimum Gasteiger partial charge on any atom is -0.360 e. The van der Waals surface area contributed by atoms with Gasteiger partial charge in [0, 0.05) is 30.5 Å². The summed E-state index contributed by atoms with van der Waals surface area (Å²) in [6.07, 6.45) is 4.43. The molecular weight excluding hydrogens is 288 g/mol. The maximum Gasteiger partial charge on any atom is 0.276 e. The van der Waals surface area contributed by atoms with E-state index in [0.29, 0.717) is 11.6 Å². The summed E-state index contributed by atoms with van der Waals surface area (Å²) in [5.74, 6) is 1.36. The van der Waals surface area contributed by atoms with Gasteiger partial charge in [-0.15, -0.1) is 0 Å². The zero-order valence-electron chi connectivity index (χ0n) is 13.5. The van der Waals surface area contributed by atoms with E-state index in [4.69, 9.17) is 4.52 Å². The average Bonchev–Trinajstić information content (AvgIpc) is 3.32. The molecule has 1 amide bonds. The van der Waals surface area contributed by atoms with Crippen LogP contribution in [0.3, 0.4) is 0 Å². The van der Waals surface area contributed by atoms with Crippen LogP contribution in [0.15, 0.2) is 40.9 Å². The van der Waals surface area contributed by atoms with E-state index in [9.17, 15) is 4.79 Å². The number of amides is 1. The zero-order chi connectivity index (χ0) is 15.9. The molecular formula is C19H22N2O2. The molecule has 2 fully saturated rings. The van der Waals surface area contributed by atoms with Crippen LogP contribution < -0.4 is 0 Å². The highest BCUT2D eigenvalue weighted by atomic mass is 16.5. The molecule has 0 spiro atoms. The summed E-state index contributed by atoms with van der Waals surface area (Å²) in [6.45, 7) is 3.79. The second-order valence-electron chi connectivity index (χ2n) is 7.15. The number of hydrogen-bond donors (Lipinski definition) is 0. The van der Waals surface area contributed by atoms with Gasteiger partial charge in [0.05, 0.1) is 0 Å². The summed E-state index contributed by atoms with van der Waals surface area (Å²) >= 11 is 0. The molecule has 4 heteroatoms. The maximum atomic E-state index is 12.8. The molecule has 0 N–H and O–H groups in total. The SMILES string of the molecule is C[C@@]1(c2ccccc2)CCCN(C(=O)c2cc(C3CC3)on2)C1. The molecule has 120 valence electrons. The lowest BCUT2D eigenvalue weighted by Gasteiger charge is -2.40. The summed E-state index contributed by atoms with van der Waals surface area (Å²) in [5, 5.41) is 4.01. The van der Waals surface area contributed by atoms with Crippen molar-refractivity contribution in [3.05, 3.63) is 53.4 Å². The summed E-state index contributed by atoms with van der Waals surface area (Å²) in [4.78, 5) is 14.7. The van der Waals surface area contributed by atoms with Crippen molar-refractivity contribution in [2.45, 2.75) is 43.9 Å². The molecule has 1 aliphatic carbocycles. The Kier molecular flexibility index (Phi) is 3.47. The van der Waals surface area contributed by atoms with Crippen LogP contribution in [0.4, 0.5) is 0 Å². The summed E-state index contributed by atoms with van der Waals surface area (Å²) in [5.41, 5.74) is 1.78. The van der Waals surface area contributed by atoms with Crippen molar-refractivity contribution in [2.24, 2.45) is 0 Å². The number of nitrogens with zero attached hydrogens (tertiary/aromatic N) is 2. The van der Waals surface area contributed by atoms with Gasteiger partial charge in [0.1, 0.15) is 5.76 Å². The van der Waals surface area contributed by atoms with Gasteiger partial charge < -0.3 is 9.42 Å². The maximum absolute atomic E-state index is 12.8. The molecule has 1 aromatic heterocycles. The van der Waals surface area contributed by atoms with Crippen LogP contribution in [0.1, 0.15) is 60.3 Å². The molecule has 2 heterocycles. The Labute approximate surface area is 136 Å². The first-order chi connectivity index (χ1) is 11.2. The van der Waals surface area contributed by atoms with Crippen LogP contribution in [-0.2, 0) is 5.41 Å². The van der Waals surface area contributed by atoms with Crippen molar-refractivity contribution < 1.29 is 9.32 Å². The van der Waals surface area contributed by atoms with E-state index >= 15 is 0 Å². The smallest absolute Gasteiger partial charge is 0.276 e. The number of aromatic nitrogens is 1. The van der Waals surface area contributed by atoms with Gasteiger partial charge in [-0.05, 0) is 31.2 Å². The molecule has 2 aromatic rings. The van der Waals surface area contributed by atoms with Gasteiger partial charge >= 0.3 is 0 Å². The quantitative estimate of drug-likeness (QED) is 0.867. The van der Waals surface area contributed by atoms with E-state index < -0.39 is 0 Å². The molecule has 1 saturated carbocycles. The highest BCUT2D eigenvalue weighted by molar-refractivity contribution is 5.92. The Morgan fingerprint density at radius 1 is 1.30 bits per heavy atom. The minimum atomic E-state index is 0.00232. The van der Waals surface area contributed by atoms with E-state index in [-0.39, 0.29) is 11.3 Å². The van der Waals surface area contributed by atoms with E-state index in [0.717, 1.165) is 44.5 Å². The molecule has 1 aliphatic heterocycles. The number of hydrogen-bond acceptors (Lipinski definition) is 3. The van der Waals surface area contributed by atoms with E-state index in [1.54, 1.807) is 0 Å². The molecule has 0 bridgehead atoms. The van der Waals surface area contributed by atoms with E-state index in [2.05, 4.69) is 36.3 Å². The normalized spacial score (nSPS) is 24.7. The number of benzene rings is 1. The molecule has 2 aliphatic rings. The van der Waals surface area contributed by atoms with Gasteiger partial charge in [-0.1, -0.05) is 42.4 Å². The molecule has 1 aromatic carbocycles. The first-order valence-electron chi connectivity index (χ1n) is 8.47. The Balaban J connectivity index is 1.53. The topological polar surface area (TPSA) is 46.3 Å². The molecule has 1 atom stereocenters. The van der Waals surface area contributed by atoms with Crippen molar-refractivity contribution in [1.82, 2.24) is 10.1 Å². The highest BCUT2D eigenvalue weighted by Crippen LogP contribution is 2.40. The molecule has 4 rings (SSSR count). The van der Waals surface area contributed by atoms with Gasteiger partial charge in [0.25, 0.3) is 5.91 Å². The number of likely N-dealkylation sites (tertiary alicyclic amines) is 1. The first kappa shape index (κ1) is 14.5. The van der Waals surface area contributed by atoms with Gasteiger partial charge in [-0.3, -0.25) is 4.79 Å². The van der Waals surface area contributed by atoms with Crippen molar-refractivity contribution >= 4 is 5.91 Å². The predicted octanol–water partition coefficient (Wildman–Crippen LogP) is 3.75. The molecule has 0 radical (unpaired) electrons. The fraction of sp³-hybridized carbons (Fsp3) is 0.474. The Morgan fingerprint density at radius 3 is 2.83 bits per heavy atom. The monoisotopic (exact) mass is 310 g/mol. The number of rotatable bonds is 3. The fourth-order valence-corrected chi connectivity index (χ4v) is 3.60. The lowest BCUT2D eigenvalue weighted by Crippen LogP contribution is -2.47. The number of carbonyl (C=O) groups excluding carboxylic acids is 1. The molecule has 0 unspecified atom stereocenters. The van der Waals surface area contributed by atoms with Gasteiger partial charge in [-0.25, -0.2) is 0 Å². The Hall–Kier alpha value is -2.10. The zero-order valence-corrected chi connectivity index (χ0v) is 13.5. The fourth-order valence-electron chi connectivity index (χ4n) is 3.60. The molecule has 1 saturated heterocycles. The van der Waals surface area contributed by atoms with Gasteiger partial charge in [0.15, 0.2) is 5.69 Å². The van der Waals surface area contributed by atoms with Crippen LogP contribution in [-0.4, -0.2) is 29.1 Å². The van der Waals surface area contributed by atoms with Crippen LogP contribution >= 0.6 is 0 Å². The van der Waals surface area contributed by atoms with Crippen LogP contribution in [0.2, 0.25) is 0 Å². The summed E-state index contributed by atoms with van der Waals surface area (Å²) < 4.78 is 5.34. The van der Waals surface area contributed by atoms with Crippen LogP contribution in [0.25, 0.3) is 0 Å². The van der Waals surface area contributed by atoms with Gasteiger partial charge in [-0.2, -0.15) is 0 Å². The first-order valence-corrected chi connectivity index (χ1v) is 8.47. The predicted molar refractivity (Wildman–Crippen MR) is 87.4 cm³/mol. The van der Waals surface area contributed by atoms with Crippen molar-refractivity contribution in [1.29, 1.82) is 0 Å². The van der Waals surface area contributed by atoms with E-state index in [1.807, 2.05) is 17.0 Å². The standard InChI is InChI=1S/C19H22N2O2/c1-19(15-6-3-2-4-7-15)10-5-11-21(13-19)18(22)16-12-17(23-20-16)14-8-9-14/h2-4,6-7,12,14H,5,8-11,13H2,1H3/t19-/m1/s1. The summed E-state index contributed by atoms with van der Waals surface area (Å²) in [6, 6.07) is 12.3. The summed E-state index contributed by atoms with van der Waals surface area (Å²) in [7, 11) is 0. The van der Waals surface area contributed by atoms with Crippen molar-refractivity contribution in [3.63, 3.8) is 0 Å². The molecule has 23 heavy (non-hydrogen) atoms.